The molecule has 31 heavy (non-hydrogen) atoms. The summed E-state index contributed by atoms with van der Waals surface area (Å²) in [5, 5.41) is 5.34. The highest BCUT2D eigenvalue weighted by Gasteiger charge is 2.34. The molecule has 2 aromatic heterocycles. The van der Waals surface area contributed by atoms with Crippen molar-refractivity contribution in [1.29, 1.82) is 0 Å². The third-order valence-electron chi connectivity index (χ3n) is 6.26. The smallest absolute Gasteiger partial charge is 0.251 e. The lowest BCUT2D eigenvalue weighted by molar-refractivity contribution is -0.117. The van der Waals surface area contributed by atoms with E-state index >= 15 is 0 Å². The van der Waals surface area contributed by atoms with Gasteiger partial charge in [0.1, 0.15) is 6.04 Å². The van der Waals surface area contributed by atoms with Crippen LogP contribution < -0.4 is 10.2 Å². The number of aromatic nitrogens is 2. The van der Waals surface area contributed by atoms with Crippen LogP contribution in [-0.4, -0.2) is 22.4 Å². The first-order valence-electron chi connectivity index (χ1n) is 10.6. The Bertz CT molecular complexity index is 1410. The number of carbonyl (C=O) groups excluding carboxylic acids is 1. The summed E-state index contributed by atoms with van der Waals surface area (Å²) in [6, 6.07) is 24.1. The van der Waals surface area contributed by atoms with Gasteiger partial charge in [0, 0.05) is 40.7 Å². The molecular weight excluding hydrogens is 384 g/mol. The van der Waals surface area contributed by atoms with E-state index in [2.05, 4.69) is 50.5 Å². The third-order valence-corrected chi connectivity index (χ3v) is 6.26. The Kier molecular flexibility index (Phi) is 4.06. The predicted molar refractivity (Wildman–Crippen MR) is 125 cm³/mol. The van der Waals surface area contributed by atoms with E-state index in [-0.39, 0.29) is 5.91 Å². The average Bonchev–Trinajstić information content (AvgIpc) is 3.43. The first-order chi connectivity index (χ1) is 15.3. The standard InChI is InChI=1S/C26H22N4O/c31-26(29-23-15-27-21-11-5-3-9-19(21)23)25-18-8-2-1-7-17(18)13-14-30(25)24-16-28-22-12-6-4-10-20(22)24/h1-12,15-16,25,27-28H,13-14H2,(H,29,31). The molecule has 5 heteroatoms. The highest BCUT2D eigenvalue weighted by molar-refractivity contribution is 6.06. The zero-order chi connectivity index (χ0) is 20.8. The predicted octanol–water partition coefficient (Wildman–Crippen LogP) is 5.39. The molecule has 0 saturated heterocycles. The number of nitrogens with zero attached hydrogens (tertiary/aromatic N) is 1. The van der Waals surface area contributed by atoms with Gasteiger partial charge >= 0.3 is 0 Å². The lowest BCUT2D eigenvalue weighted by Gasteiger charge is -2.37. The molecule has 3 N–H and O–H groups in total. The summed E-state index contributed by atoms with van der Waals surface area (Å²) in [6.45, 7) is 0.783. The SMILES string of the molecule is O=C(Nc1c[nH]c2ccccc12)C1c2ccccc2CCN1c1c[nH]c2ccccc12. The summed E-state index contributed by atoms with van der Waals surface area (Å²) in [4.78, 5) is 22.6. The second-order valence-corrected chi connectivity index (χ2v) is 8.00. The van der Waals surface area contributed by atoms with Crippen LogP contribution in [0.25, 0.3) is 21.8 Å². The van der Waals surface area contributed by atoms with E-state index in [0.29, 0.717) is 0 Å². The van der Waals surface area contributed by atoms with Gasteiger partial charge in [-0.15, -0.1) is 0 Å². The number of hydrogen-bond acceptors (Lipinski definition) is 2. The van der Waals surface area contributed by atoms with Gasteiger partial charge < -0.3 is 20.2 Å². The Morgan fingerprint density at radius 1 is 0.839 bits per heavy atom. The molecular formula is C26H22N4O. The number of benzene rings is 3. The molecule has 3 heterocycles. The van der Waals surface area contributed by atoms with Gasteiger partial charge in [0.15, 0.2) is 0 Å². The van der Waals surface area contributed by atoms with Crippen molar-refractivity contribution in [2.45, 2.75) is 12.5 Å². The maximum Gasteiger partial charge on any atom is 0.251 e. The number of aromatic amines is 2. The molecule has 1 aliphatic rings. The molecule has 152 valence electrons. The van der Waals surface area contributed by atoms with Gasteiger partial charge in [0.2, 0.25) is 0 Å². The van der Waals surface area contributed by atoms with Gasteiger partial charge in [-0.05, 0) is 29.7 Å². The van der Waals surface area contributed by atoms with E-state index < -0.39 is 6.04 Å². The van der Waals surface area contributed by atoms with Crippen LogP contribution >= 0.6 is 0 Å². The van der Waals surface area contributed by atoms with E-state index in [9.17, 15) is 4.79 Å². The molecule has 5 aromatic rings. The Labute approximate surface area is 179 Å². The zero-order valence-electron chi connectivity index (χ0n) is 16.9. The summed E-state index contributed by atoms with van der Waals surface area (Å²) in [5.41, 5.74) is 6.25. The Hall–Kier alpha value is -3.99. The zero-order valence-corrected chi connectivity index (χ0v) is 16.9. The van der Waals surface area contributed by atoms with Crippen LogP contribution in [0.4, 0.5) is 11.4 Å². The number of anilines is 2. The van der Waals surface area contributed by atoms with E-state index in [0.717, 1.165) is 51.7 Å². The van der Waals surface area contributed by atoms with Crippen LogP contribution in [0.5, 0.6) is 0 Å². The lowest BCUT2D eigenvalue weighted by Crippen LogP contribution is -2.42. The molecule has 3 aromatic carbocycles. The molecule has 0 bridgehead atoms. The summed E-state index contributed by atoms with van der Waals surface area (Å²) in [5.74, 6) is -0.0258. The lowest BCUT2D eigenvalue weighted by atomic mass is 9.91. The summed E-state index contributed by atoms with van der Waals surface area (Å²) in [6.07, 6.45) is 4.80. The van der Waals surface area contributed by atoms with Crippen molar-refractivity contribution in [3.05, 3.63) is 96.3 Å². The van der Waals surface area contributed by atoms with Crippen molar-refractivity contribution in [3.8, 4) is 0 Å². The summed E-state index contributed by atoms with van der Waals surface area (Å²) < 4.78 is 0. The van der Waals surface area contributed by atoms with Crippen LogP contribution in [0.2, 0.25) is 0 Å². The number of nitrogens with one attached hydrogen (secondary N) is 3. The van der Waals surface area contributed by atoms with Crippen molar-refractivity contribution in [2.24, 2.45) is 0 Å². The fourth-order valence-corrected chi connectivity index (χ4v) is 4.78. The van der Waals surface area contributed by atoms with Gasteiger partial charge in [-0.3, -0.25) is 4.79 Å². The number of para-hydroxylation sites is 2. The average molecular weight is 406 g/mol. The number of H-pyrrole nitrogens is 2. The van der Waals surface area contributed by atoms with Crippen molar-refractivity contribution < 1.29 is 4.79 Å². The minimum Gasteiger partial charge on any atom is -0.359 e. The third kappa shape index (κ3) is 2.89. The Morgan fingerprint density at radius 2 is 1.52 bits per heavy atom. The number of fused-ring (bicyclic) bond motifs is 3. The quantitative estimate of drug-likeness (QED) is 0.376. The Morgan fingerprint density at radius 3 is 2.39 bits per heavy atom. The molecule has 6 rings (SSSR count). The van der Waals surface area contributed by atoms with Crippen LogP contribution in [-0.2, 0) is 11.2 Å². The number of hydrogen-bond donors (Lipinski definition) is 3. The van der Waals surface area contributed by atoms with Gasteiger partial charge in [-0.2, -0.15) is 0 Å². The van der Waals surface area contributed by atoms with E-state index in [1.54, 1.807) is 0 Å². The van der Waals surface area contributed by atoms with Crippen molar-refractivity contribution >= 4 is 39.1 Å². The second-order valence-electron chi connectivity index (χ2n) is 8.00. The molecule has 0 aliphatic carbocycles. The number of amides is 1. The molecule has 0 saturated carbocycles. The summed E-state index contributed by atoms with van der Waals surface area (Å²) >= 11 is 0. The monoisotopic (exact) mass is 406 g/mol. The first kappa shape index (κ1) is 17.8. The molecule has 1 unspecified atom stereocenters. The summed E-state index contributed by atoms with van der Waals surface area (Å²) in [7, 11) is 0. The number of rotatable bonds is 3. The van der Waals surface area contributed by atoms with Crippen molar-refractivity contribution in [2.75, 3.05) is 16.8 Å². The second kappa shape index (κ2) is 7.06. The van der Waals surface area contributed by atoms with Crippen molar-refractivity contribution in [1.82, 2.24) is 9.97 Å². The highest BCUT2D eigenvalue weighted by Crippen LogP contribution is 2.38. The van der Waals surface area contributed by atoms with Crippen LogP contribution in [0, 0.1) is 0 Å². The van der Waals surface area contributed by atoms with Crippen LogP contribution in [0.15, 0.2) is 85.2 Å². The molecule has 1 aliphatic heterocycles. The highest BCUT2D eigenvalue weighted by atomic mass is 16.2. The molecule has 0 fully saturated rings. The molecule has 0 spiro atoms. The van der Waals surface area contributed by atoms with Crippen molar-refractivity contribution in [3.63, 3.8) is 0 Å². The van der Waals surface area contributed by atoms with E-state index in [1.165, 1.54) is 5.56 Å². The van der Waals surface area contributed by atoms with Gasteiger partial charge in [-0.1, -0.05) is 60.7 Å². The van der Waals surface area contributed by atoms with E-state index in [1.807, 2.05) is 54.9 Å². The molecule has 0 radical (unpaired) electrons. The topological polar surface area (TPSA) is 63.9 Å². The minimum atomic E-state index is -0.405. The maximum atomic E-state index is 13.7. The Balaban J connectivity index is 1.44. The fourth-order valence-electron chi connectivity index (χ4n) is 4.78. The maximum absolute atomic E-state index is 13.7. The molecule has 5 nitrogen and oxygen atoms in total. The van der Waals surface area contributed by atoms with Gasteiger partial charge in [0.25, 0.3) is 5.91 Å². The normalized spacial score (nSPS) is 15.9. The van der Waals surface area contributed by atoms with Gasteiger partial charge in [0.05, 0.1) is 11.4 Å². The molecule has 1 amide bonds. The first-order valence-corrected chi connectivity index (χ1v) is 10.6. The van der Waals surface area contributed by atoms with Crippen LogP contribution in [0.3, 0.4) is 0 Å². The number of carbonyl (C=O) groups is 1. The van der Waals surface area contributed by atoms with Crippen LogP contribution in [0.1, 0.15) is 17.2 Å². The minimum absolute atomic E-state index is 0.0258. The van der Waals surface area contributed by atoms with Gasteiger partial charge in [-0.25, -0.2) is 0 Å². The fraction of sp³-hybridized carbons (Fsp3) is 0.115. The van der Waals surface area contributed by atoms with E-state index in [4.69, 9.17) is 0 Å². The molecule has 1 atom stereocenters. The largest absolute Gasteiger partial charge is 0.359 e.